The molecule has 2 aliphatic rings. The Morgan fingerprint density at radius 3 is 2.69 bits per heavy atom. The van der Waals surface area contributed by atoms with Crippen LogP contribution in [0.1, 0.15) is 28.4 Å². The highest BCUT2D eigenvalue weighted by molar-refractivity contribution is 5.97. The molecule has 1 saturated heterocycles. The summed E-state index contributed by atoms with van der Waals surface area (Å²) in [7, 11) is 2.16. The van der Waals surface area contributed by atoms with Gasteiger partial charge in [-0.1, -0.05) is 30.3 Å². The van der Waals surface area contributed by atoms with E-state index in [9.17, 15) is 9.59 Å². The van der Waals surface area contributed by atoms with Crippen molar-refractivity contribution >= 4 is 11.8 Å². The monoisotopic (exact) mass is 438 g/mol. The van der Waals surface area contributed by atoms with Crippen LogP contribution >= 0.6 is 0 Å². The molecule has 0 radical (unpaired) electrons. The van der Waals surface area contributed by atoms with E-state index in [1.54, 1.807) is 18.2 Å². The molecule has 1 atom stereocenters. The number of rotatable bonds is 8. The summed E-state index contributed by atoms with van der Waals surface area (Å²) in [6.07, 6.45) is 0.856. The van der Waals surface area contributed by atoms with E-state index in [4.69, 9.17) is 9.47 Å². The van der Waals surface area contributed by atoms with E-state index in [1.807, 2.05) is 6.07 Å². The van der Waals surface area contributed by atoms with Gasteiger partial charge in [-0.25, -0.2) is 0 Å². The molecule has 2 aromatic carbocycles. The van der Waals surface area contributed by atoms with Gasteiger partial charge in [0.05, 0.1) is 6.54 Å². The van der Waals surface area contributed by atoms with Crippen molar-refractivity contribution < 1.29 is 19.1 Å². The molecule has 2 N–H and O–H groups in total. The fraction of sp³-hybridized carbons (Fsp3) is 0.417. The van der Waals surface area contributed by atoms with Crippen molar-refractivity contribution in [1.82, 2.24) is 20.4 Å². The van der Waals surface area contributed by atoms with Gasteiger partial charge < -0.3 is 25.0 Å². The van der Waals surface area contributed by atoms with Crippen LogP contribution in [0.4, 0.5) is 0 Å². The van der Waals surface area contributed by atoms with Crippen LogP contribution < -0.4 is 20.1 Å². The Kier molecular flexibility index (Phi) is 7.24. The molecule has 0 unspecified atom stereocenters. The first-order valence-electron chi connectivity index (χ1n) is 11.0. The van der Waals surface area contributed by atoms with Crippen molar-refractivity contribution in [2.24, 2.45) is 0 Å². The maximum Gasteiger partial charge on any atom is 0.251 e. The van der Waals surface area contributed by atoms with Crippen molar-refractivity contribution in [1.29, 1.82) is 0 Å². The molecule has 0 bridgehead atoms. The van der Waals surface area contributed by atoms with E-state index in [1.165, 1.54) is 5.56 Å². The molecule has 2 heterocycles. The van der Waals surface area contributed by atoms with Crippen LogP contribution in [-0.4, -0.2) is 74.7 Å². The summed E-state index contributed by atoms with van der Waals surface area (Å²) < 4.78 is 10.5. The minimum Gasteiger partial charge on any atom is -0.454 e. The molecule has 2 aliphatic heterocycles. The number of nitrogens with one attached hydrogen (secondary N) is 2. The lowest BCUT2D eigenvalue weighted by Gasteiger charge is -2.40. The maximum absolute atomic E-state index is 12.3. The third-order valence-electron chi connectivity index (χ3n) is 5.87. The number of carbonyl (C=O) groups excluding carboxylic acids is 2. The van der Waals surface area contributed by atoms with Crippen molar-refractivity contribution in [3.8, 4) is 11.5 Å². The zero-order valence-electron chi connectivity index (χ0n) is 18.4. The summed E-state index contributed by atoms with van der Waals surface area (Å²) in [4.78, 5) is 29.3. The molecule has 0 aliphatic carbocycles. The number of carbonyl (C=O) groups is 2. The van der Waals surface area contributed by atoms with Crippen LogP contribution in [0, 0.1) is 0 Å². The Bertz CT molecular complexity index is 937. The predicted molar refractivity (Wildman–Crippen MR) is 121 cm³/mol. The first-order valence-corrected chi connectivity index (χ1v) is 11.0. The van der Waals surface area contributed by atoms with E-state index in [0.29, 0.717) is 29.6 Å². The lowest BCUT2D eigenvalue weighted by Crippen LogP contribution is -2.47. The fourth-order valence-electron chi connectivity index (χ4n) is 4.09. The number of hydrogen-bond acceptors (Lipinski definition) is 6. The molecule has 0 saturated carbocycles. The van der Waals surface area contributed by atoms with Gasteiger partial charge in [-0.2, -0.15) is 0 Å². The van der Waals surface area contributed by atoms with Crippen LogP contribution in [0.5, 0.6) is 11.5 Å². The highest BCUT2D eigenvalue weighted by Gasteiger charge is 2.26. The molecular formula is C24H30N4O4. The zero-order valence-corrected chi connectivity index (χ0v) is 18.4. The Labute approximate surface area is 188 Å². The molecule has 32 heavy (non-hydrogen) atoms. The second kappa shape index (κ2) is 10.5. The van der Waals surface area contributed by atoms with Crippen LogP contribution in [0.15, 0.2) is 48.5 Å². The van der Waals surface area contributed by atoms with Crippen molar-refractivity contribution in [3.05, 3.63) is 59.7 Å². The number of fused-ring (bicyclic) bond motifs is 1. The first kappa shape index (κ1) is 22.1. The number of benzene rings is 2. The lowest BCUT2D eigenvalue weighted by molar-refractivity contribution is -0.120. The number of likely N-dealkylation sites (N-methyl/N-ethyl adjacent to an activating group) is 1. The largest absolute Gasteiger partial charge is 0.454 e. The Morgan fingerprint density at radius 2 is 1.84 bits per heavy atom. The molecule has 8 nitrogen and oxygen atoms in total. The summed E-state index contributed by atoms with van der Waals surface area (Å²) in [6.45, 7) is 4.64. The number of piperazine rings is 1. The van der Waals surface area contributed by atoms with E-state index < -0.39 is 0 Å². The number of amides is 2. The highest BCUT2D eigenvalue weighted by Crippen LogP contribution is 2.32. The molecule has 1 fully saturated rings. The SMILES string of the molecule is CN1CCN(CCCNC(=O)CNC(=O)c2ccc3c(c2)OCO3)[C@H](c2ccccc2)C1. The molecule has 0 aromatic heterocycles. The minimum atomic E-state index is -0.318. The third-order valence-corrected chi connectivity index (χ3v) is 5.87. The van der Waals surface area contributed by atoms with E-state index in [2.05, 4.69) is 51.7 Å². The standard InChI is InChI=1S/C24H30N4O4/c1-27-12-13-28(20(16-27)18-6-3-2-4-7-18)11-5-10-25-23(29)15-26-24(30)19-8-9-21-22(14-19)32-17-31-21/h2-4,6-9,14,20H,5,10-13,15-17H2,1H3,(H,25,29)(H,26,30)/t20-/m0/s1. The molecule has 2 aromatic rings. The van der Waals surface area contributed by atoms with Gasteiger partial charge in [0.25, 0.3) is 5.91 Å². The second-order valence-corrected chi connectivity index (χ2v) is 8.18. The second-order valence-electron chi connectivity index (χ2n) is 8.18. The van der Waals surface area contributed by atoms with E-state index >= 15 is 0 Å². The van der Waals surface area contributed by atoms with E-state index in [-0.39, 0.29) is 25.2 Å². The zero-order chi connectivity index (χ0) is 22.3. The molecule has 170 valence electrons. The average molecular weight is 439 g/mol. The van der Waals surface area contributed by atoms with Crippen LogP contribution in [0.2, 0.25) is 0 Å². The summed E-state index contributed by atoms with van der Waals surface area (Å²) >= 11 is 0. The van der Waals surface area contributed by atoms with Crippen molar-refractivity contribution in [3.63, 3.8) is 0 Å². The van der Waals surface area contributed by atoms with Gasteiger partial charge in [0.2, 0.25) is 12.7 Å². The summed E-state index contributed by atoms with van der Waals surface area (Å²) in [5.74, 6) is 0.646. The highest BCUT2D eigenvalue weighted by atomic mass is 16.7. The molecular weight excluding hydrogens is 408 g/mol. The molecule has 2 amide bonds. The maximum atomic E-state index is 12.3. The summed E-state index contributed by atoms with van der Waals surface area (Å²) in [5, 5.41) is 5.55. The van der Waals surface area contributed by atoms with Crippen LogP contribution in [0.3, 0.4) is 0 Å². The van der Waals surface area contributed by atoms with E-state index in [0.717, 1.165) is 32.6 Å². The van der Waals surface area contributed by atoms with Crippen LogP contribution in [-0.2, 0) is 4.79 Å². The summed E-state index contributed by atoms with van der Waals surface area (Å²) in [5.41, 5.74) is 1.76. The van der Waals surface area contributed by atoms with Gasteiger partial charge in [0.1, 0.15) is 0 Å². The molecule has 4 rings (SSSR count). The Hall–Kier alpha value is -3.10. The van der Waals surface area contributed by atoms with Crippen molar-refractivity contribution in [2.45, 2.75) is 12.5 Å². The smallest absolute Gasteiger partial charge is 0.251 e. The number of nitrogens with zero attached hydrogens (tertiary/aromatic N) is 2. The normalized spacial score (nSPS) is 18.3. The van der Waals surface area contributed by atoms with Gasteiger partial charge in [0, 0.05) is 44.3 Å². The average Bonchev–Trinajstić information content (AvgIpc) is 3.29. The Morgan fingerprint density at radius 1 is 1.03 bits per heavy atom. The van der Waals surface area contributed by atoms with Crippen molar-refractivity contribution in [2.75, 3.05) is 53.1 Å². The number of ether oxygens (including phenoxy) is 2. The van der Waals surface area contributed by atoms with Crippen LogP contribution in [0.25, 0.3) is 0 Å². The van der Waals surface area contributed by atoms with Gasteiger partial charge in [0.15, 0.2) is 11.5 Å². The van der Waals surface area contributed by atoms with Gasteiger partial charge in [-0.15, -0.1) is 0 Å². The topological polar surface area (TPSA) is 83.1 Å². The molecule has 8 heteroatoms. The first-order chi connectivity index (χ1) is 15.6. The van der Waals surface area contributed by atoms with Gasteiger partial charge in [-0.05, 0) is 37.2 Å². The Balaban J connectivity index is 1.18. The fourth-order valence-corrected chi connectivity index (χ4v) is 4.09. The predicted octanol–water partition coefficient (Wildman–Crippen LogP) is 1.64. The summed E-state index contributed by atoms with van der Waals surface area (Å²) in [6, 6.07) is 15.9. The van der Waals surface area contributed by atoms with Gasteiger partial charge >= 0.3 is 0 Å². The minimum absolute atomic E-state index is 0.0611. The third kappa shape index (κ3) is 5.57. The molecule has 0 spiro atoms. The number of hydrogen-bond donors (Lipinski definition) is 2. The lowest BCUT2D eigenvalue weighted by atomic mass is 10.0. The van der Waals surface area contributed by atoms with Gasteiger partial charge in [-0.3, -0.25) is 14.5 Å². The quantitative estimate of drug-likeness (QED) is 0.610.